The topological polar surface area (TPSA) is 79.1 Å². The maximum atomic E-state index is 13.4. The number of halogens is 2. The predicted octanol–water partition coefficient (Wildman–Crippen LogP) is 4.40. The van der Waals surface area contributed by atoms with Crippen molar-refractivity contribution in [3.63, 3.8) is 0 Å². The monoisotopic (exact) mass is 521 g/mol. The Hall–Kier alpha value is -2.42. The first kappa shape index (κ1) is 23.9. The largest absolute Gasteiger partial charge is 0.370 e. The van der Waals surface area contributed by atoms with Crippen molar-refractivity contribution < 1.29 is 4.39 Å². The molecule has 1 aromatic heterocycles. The standard InChI is InChI=1S/C23H28FN5.HI/c1-23(18-6-3-2-4-7-18,19-9-11-20(24)12-10-19)13-15-28-22(25)27-14-5-8-21-16-26-17-29-21;/h2-4,6-7,9-12,16-17H,5,8,13-15H2,1H3,(H,26,29)(H3,25,27,28);1H. The lowest BCUT2D eigenvalue weighted by atomic mass is 9.74. The van der Waals surface area contributed by atoms with Crippen molar-refractivity contribution in [2.75, 3.05) is 13.1 Å². The molecule has 1 atom stereocenters. The van der Waals surface area contributed by atoms with Crippen LogP contribution in [-0.2, 0) is 11.8 Å². The van der Waals surface area contributed by atoms with E-state index in [4.69, 9.17) is 5.73 Å². The van der Waals surface area contributed by atoms with Gasteiger partial charge in [0.05, 0.1) is 6.33 Å². The van der Waals surface area contributed by atoms with E-state index in [1.54, 1.807) is 6.33 Å². The lowest BCUT2D eigenvalue weighted by molar-refractivity contribution is 0.512. The molecular formula is C23H29FIN5. The Morgan fingerprint density at radius 1 is 1.13 bits per heavy atom. The minimum Gasteiger partial charge on any atom is -0.370 e. The average Bonchev–Trinajstić information content (AvgIpc) is 3.26. The number of aromatic nitrogens is 2. The summed E-state index contributed by atoms with van der Waals surface area (Å²) in [6, 6.07) is 17.0. The summed E-state index contributed by atoms with van der Waals surface area (Å²) in [7, 11) is 0. The molecule has 4 N–H and O–H groups in total. The summed E-state index contributed by atoms with van der Waals surface area (Å²) in [5, 5.41) is 3.22. The molecule has 0 bridgehead atoms. The van der Waals surface area contributed by atoms with Gasteiger partial charge in [0.15, 0.2) is 5.96 Å². The van der Waals surface area contributed by atoms with Gasteiger partial charge in [0.25, 0.3) is 0 Å². The van der Waals surface area contributed by atoms with Crippen molar-refractivity contribution in [2.24, 2.45) is 10.7 Å². The maximum absolute atomic E-state index is 13.4. The third-order valence-corrected chi connectivity index (χ3v) is 5.26. The molecule has 0 fully saturated rings. The summed E-state index contributed by atoms with van der Waals surface area (Å²) < 4.78 is 13.4. The van der Waals surface area contributed by atoms with E-state index in [1.807, 2.05) is 36.5 Å². The molecule has 1 unspecified atom stereocenters. The number of rotatable bonds is 9. The summed E-state index contributed by atoms with van der Waals surface area (Å²) in [5.74, 6) is 0.220. The molecule has 0 aliphatic heterocycles. The van der Waals surface area contributed by atoms with Crippen LogP contribution in [0.25, 0.3) is 0 Å². The van der Waals surface area contributed by atoms with E-state index in [0.29, 0.717) is 19.0 Å². The van der Waals surface area contributed by atoms with Crippen LogP contribution in [-0.4, -0.2) is 29.0 Å². The normalized spacial score (nSPS) is 13.3. The molecule has 0 aliphatic carbocycles. The van der Waals surface area contributed by atoms with Gasteiger partial charge in [0.1, 0.15) is 5.82 Å². The fraction of sp³-hybridized carbons (Fsp3) is 0.304. The number of nitrogens with zero attached hydrogens (tertiary/aromatic N) is 2. The van der Waals surface area contributed by atoms with E-state index in [1.165, 1.54) is 17.7 Å². The van der Waals surface area contributed by atoms with Crippen LogP contribution in [0.15, 0.2) is 72.1 Å². The van der Waals surface area contributed by atoms with Gasteiger partial charge in [-0.1, -0.05) is 49.4 Å². The van der Waals surface area contributed by atoms with Crippen molar-refractivity contribution in [3.05, 3.63) is 89.8 Å². The van der Waals surface area contributed by atoms with Crippen LogP contribution in [0.2, 0.25) is 0 Å². The number of imidazole rings is 1. The van der Waals surface area contributed by atoms with Gasteiger partial charge in [-0.2, -0.15) is 0 Å². The molecule has 7 heteroatoms. The number of aryl methyl sites for hydroxylation is 1. The van der Waals surface area contributed by atoms with Gasteiger partial charge in [0.2, 0.25) is 0 Å². The molecule has 160 valence electrons. The second-order valence-corrected chi connectivity index (χ2v) is 7.33. The van der Waals surface area contributed by atoms with Crippen LogP contribution in [0.4, 0.5) is 4.39 Å². The molecule has 2 aromatic carbocycles. The van der Waals surface area contributed by atoms with E-state index < -0.39 is 0 Å². The Morgan fingerprint density at radius 3 is 2.50 bits per heavy atom. The fourth-order valence-electron chi connectivity index (χ4n) is 3.47. The summed E-state index contributed by atoms with van der Waals surface area (Å²) in [5.41, 5.74) is 9.12. The Bertz CT molecular complexity index is 897. The highest BCUT2D eigenvalue weighted by Gasteiger charge is 2.28. The zero-order chi connectivity index (χ0) is 20.5. The van der Waals surface area contributed by atoms with Gasteiger partial charge < -0.3 is 16.0 Å². The number of guanidine groups is 1. The van der Waals surface area contributed by atoms with Gasteiger partial charge in [-0.25, -0.2) is 9.37 Å². The molecule has 0 radical (unpaired) electrons. The number of H-pyrrole nitrogens is 1. The molecule has 3 aromatic rings. The number of aliphatic imine (C=N–C) groups is 1. The van der Waals surface area contributed by atoms with Gasteiger partial charge >= 0.3 is 0 Å². The van der Waals surface area contributed by atoms with Crippen molar-refractivity contribution in [1.82, 2.24) is 15.3 Å². The first-order valence-electron chi connectivity index (χ1n) is 9.90. The number of hydrogen-bond acceptors (Lipinski definition) is 2. The fourth-order valence-corrected chi connectivity index (χ4v) is 3.47. The predicted molar refractivity (Wildman–Crippen MR) is 131 cm³/mol. The highest BCUT2D eigenvalue weighted by molar-refractivity contribution is 14.0. The van der Waals surface area contributed by atoms with Crippen molar-refractivity contribution in [3.8, 4) is 0 Å². The third-order valence-electron chi connectivity index (χ3n) is 5.26. The lowest BCUT2D eigenvalue weighted by Crippen LogP contribution is -2.36. The molecule has 0 saturated heterocycles. The molecule has 5 nitrogen and oxygen atoms in total. The Balaban J connectivity index is 0.00000320. The van der Waals surface area contributed by atoms with E-state index in [-0.39, 0.29) is 35.2 Å². The highest BCUT2D eigenvalue weighted by atomic mass is 127. The zero-order valence-corrected chi connectivity index (χ0v) is 19.5. The summed E-state index contributed by atoms with van der Waals surface area (Å²) >= 11 is 0. The molecule has 0 spiro atoms. The van der Waals surface area contributed by atoms with E-state index in [0.717, 1.165) is 30.5 Å². The minimum atomic E-state index is -0.261. The SMILES string of the molecule is CC(CCNC(N)=NCCCc1cnc[nH]1)(c1ccccc1)c1ccc(F)cc1.I. The minimum absolute atomic E-state index is 0. The van der Waals surface area contributed by atoms with E-state index >= 15 is 0 Å². The molecule has 0 amide bonds. The highest BCUT2D eigenvalue weighted by Crippen LogP contribution is 2.35. The average molecular weight is 521 g/mol. The van der Waals surface area contributed by atoms with Gasteiger partial charge in [-0.3, -0.25) is 4.99 Å². The molecule has 0 saturated carbocycles. The van der Waals surface area contributed by atoms with Crippen molar-refractivity contribution in [2.45, 2.75) is 31.6 Å². The Labute approximate surface area is 194 Å². The molecule has 30 heavy (non-hydrogen) atoms. The number of nitrogens with two attached hydrogens (primary N) is 1. The van der Waals surface area contributed by atoms with Gasteiger partial charge in [-0.05, 0) is 42.5 Å². The summed E-state index contributed by atoms with van der Waals surface area (Å²) in [4.78, 5) is 11.5. The van der Waals surface area contributed by atoms with E-state index in [2.05, 4.69) is 39.3 Å². The molecule has 0 aliphatic rings. The van der Waals surface area contributed by atoms with Crippen LogP contribution in [0.1, 0.15) is 36.6 Å². The van der Waals surface area contributed by atoms with Crippen LogP contribution in [0, 0.1) is 5.82 Å². The number of aromatic amines is 1. The number of hydrogen-bond donors (Lipinski definition) is 3. The van der Waals surface area contributed by atoms with Crippen molar-refractivity contribution in [1.29, 1.82) is 0 Å². The lowest BCUT2D eigenvalue weighted by Gasteiger charge is -2.31. The Kier molecular flexibility index (Phi) is 9.29. The van der Waals surface area contributed by atoms with Gasteiger partial charge in [-0.15, -0.1) is 24.0 Å². The van der Waals surface area contributed by atoms with Crippen LogP contribution >= 0.6 is 24.0 Å². The molecule has 3 rings (SSSR count). The smallest absolute Gasteiger partial charge is 0.188 e. The second-order valence-electron chi connectivity index (χ2n) is 7.33. The number of nitrogens with one attached hydrogen (secondary N) is 2. The second kappa shape index (κ2) is 11.7. The maximum Gasteiger partial charge on any atom is 0.188 e. The molecule has 1 heterocycles. The third kappa shape index (κ3) is 6.55. The summed E-state index contributed by atoms with van der Waals surface area (Å²) in [6.07, 6.45) is 6.10. The Morgan fingerprint density at radius 2 is 1.83 bits per heavy atom. The first-order chi connectivity index (χ1) is 14.1. The summed E-state index contributed by atoms with van der Waals surface area (Å²) in [6.45, 7) is 3.50. The molecular weight excluding hydrogens is 492 g/mol. The van der Waals surface area contributed by atoms with E-state index in [9.17, 15) is 4.39 Å². The van der Waals surface area contributed by atoms with Gasteiger partial charge in [0, 0.05) is 30.4 Å². The van der Waals surface area contributed by atoms with Crippen LogP contribution < -0.4 is 11.1 Å². The van der Waals surface area contributed by atoms with Crippen molar-refractivity contribution >= 4 is 29.9 Å². The van der Waals surface area contributed by atoms with Crippen LogP contribution in [0.5, 0.6) is 0 Å². The van der Waals surface area contributed by atoms with Crippen LogP contribution in [0.3, 0.4) is 0 Å². The zero-order valence-electron chi connectivity index (χ0n) is 17.1. The number of benzene rings is 2. The quantitative estimate of drug-likeness (QED) is 0.169. The first-order valence-corrected chi connectivity index (χ1v) is 9.90.